The third-order valence-electron chi connectivity index (χ3n) is 3.71. The lowest BCUT2D eigenvalue weighted by atomic mass is 9.92. The van der Waals surface area contributed by atoms with E-state index < -0.39 is 0 Å². The second kappa shape index (κ2) is 5.50. The number of anilines is 1. The Kier molecular flexibility index (Phi) is 3.72. The summed E-state index contributed by atoms with van der Waals surface area (Å²) in [6.45, 7) is 3.15. The Balaban J connectivity index is 1.72. The molecule has 5 nitrogen and oxygen atoms in total. The van der Waals surface area contributed by atoms with Crippen LogP contribution in [0.5, 0.6) is 11.5 Å². The summed E-state index contributed by atoms with van der Waals surface area (Å²) < 4.78 is 10.5. The molecule has 2 aliphatic rings. The minimum Gasteiger partial charge on any atom is -0.454 e. The van der Waals surface area contributed by atoms with E-state index in [2.05, 4.69) is 17.6 Å². The van der Waals surface area contributed by atoms with Crippen LogP contribution in [0.2, 0.25) is 5.02 Å². The van der Waals surface area contributed by atoms with Crippen LogP contribution in [0.4, 0.5) is 5.69 Å². The fraction of sp³-hybridized carbons (Fsp3) is 0.500. The Labute approximate surface area is 122 Å². The molecule has 0 radical (unpaired) electrons. The van der Waals surface area contributed by atoms with Crippen molar-refractivity contribution in [1.82, 2.24) is 5.32 Å². The Morgan fingerprint density at radius 3 is 2.90 bits per heavy atom. The van der Waals surface area contributed by atoms with Gasteiger partial charge in [-0.2, -0.15) is 0 Å². The molecule has 0 saturated carbocycles. The third-order valence-corrected chi connectivity index (χ3v) is 4.03. The van der Waals surface area contributed by atoms with Crippen molar-refractivity contribution in [2.75, 3.05) is 18.7 Å². The summed E-state index contributed by atoms with van der Waals surface area (Å²) in [4.78, 5) is 12.3. The van der Waals surface area contributed by atoms with E-state index >= 15 is 0 Å². The molecule has 6 heteroatoms. The van der Waals surface area contributed by atoms with Crippen molar-refractivity contribution in [1.29, 1.82) is 0 Å². The molecule has 0 aromatic heterocycles. The number of rotatable bonds is 2. The average Bonchev–Trinajstić information content (AvgIpc) is 2.86. The zero-order valence-corrected chi connectivity index (χ0v) is 12.0. The number of hydrogen-bond acceptors (Lipinski definition) is 4. The van der Waals surface area contributed by atoms with Gasteiger partial charge in [-0.15, -0.1) is 0 Å². The fourth-order valence-corrected chi connectivity index (χ4v) is 2.82. The normalized spacial score (nSPS) is 24.5. The lowest BCUT2D eigenvalue weighted by Crippen LogP contribution is -2.40. The number of amides is 1. The number of carbonyl (C=O) groups is 1. The fourth-order valence-electron chi connectivity index (χ4n) is 2.62. The number of carbonyl (C=O) groups excluding carboxylic acids is 1. The summed E-state index contributed by atoms with van der Waals surface area (Å²) in [6, 6.07) is 3.75. The summed E-state index contributed by atoms with van der Waals surface area (Å²) in [6.07, 6.45) is 1.69. The molecule has 0 bridgehead atoms. The number of fused-ring (bicyclic) bond motifs is 1. The average molecular weight is 297 g/mol. The quantitative estimate of drug-likeness (QED) is 0.880. The molecular formula is C14H17ClN2O3. The van der Waals surface area contributed by atoms with E-state index in [0.717, 1.165) is 19.4 Å². The van der Waals surface area contributed by atoms with Crippen LogP contribution < -0.4 is 20.1 Å². The van der Waals surface area contributed by atoms with Crippen LogP contribution >= 0.6 is 11.6 Å². The zero-order chi connectivity index (χ0) is 14.1. The Hall–Kier alpha value is -1.46. The number of hydrogen-bond donors (Lipinski definition) is 2. The van der Waals surface area contributed by atoms with Crippen molar-refractivity contribution in [3.8, 4) is 11.5 Å². The van der Waals surface area contributed by atoms with E-state index in [1.807, 2.05) is 0 Å². The van der Waals surface area contributed by atoms with Crippen LogP contribution in [0.3, 0.4) is 0 Å². The van der Waals surface area contributed by atoms with Crippen LogP contribution in [-0.2, 0) is 4.79 Å². The van der Waals surface area contributed by atoms with Crippen LogP contribution in [-0.4, -0.2) is 25.3 Å². The molecule has 1 saturated heterocycles. The van der Waals surface area contributed by atoms with Crippen LogP contribution in [0.15, 0.2) is 12.1 Å². The van der Waals surface area contributed by atoms with Gasteiger partial charge in [-0.25, -0.2) is 0 Å². The maximum atomic E-state index is 12.3. The van der Waals surface area contributed by atoms with Crippen molar-refractivity contribution < 1.29 is 14.3 Å². The first-order valence-electron chi connectivity index (χ1n) is 6.77. The summed E-state index contributed by atoms with van der Waals surface area (Å²) in [5.41, 5.74) is 0.576. The van der Waals surface area contributed by atoms with Crippen molar-refractivity contribution in [3.05, 3.63) is 17.2 Å². The van der Waals surface area contributed by atoms with Crippen LogP contribution in [0, 0.1) is 5.92 Å². The first kappa shape index (κ1) is 13.5. The molecule has 0 aliphatic carbocycles. The largest absolute Gasteiger partial charge is 0.454 e. The van der Waals surface area contributed by atoms with E-state index in [4.69, 9.17) is 21.1 Å². The lowest BCUT2D eigenvalue weighted by molar-refractivity contribution is -0.120. The lowest BCUT2D eigenvalue weighted by Gasteiger charge is -2.27. The second-order valence-electron chi connectivity index (χ2n) is 5.25. The Morgan fingerprint density at radius 1 is 1.40 bits per heavy atom. The molecule has 1 amide bonds. The first-order valence-corrected chi connectivity index (χ1v) is 7.14. The number of ether oxygens (including phenoxy) is 2. The third kappa shape index (κ3) is 2.69. The molecular weight excluding hydrogens is 280 g/mol. The van der Waals surface area contributed by atoms with Gasteiger partial charge in [0, 0.05) is 24.1 Å². The number of nitrogens with one attached hydrogen (secondary N) is 2. The van der Waals surface area contributed by atoms with Crippen molar-refractivity contribution >= 4 is 23.2 Å². The number of halogens is 1. The smallest absolute Gasteiger partial charge is 0.231 e. The monoisotopic (exact) mass is 296 g/mol. The van der Waals surface area contributed by atoms with Crippen LogP contribution in [0.1, 0.15) is 19.8 Å². The van der Waals surface area contributed by atoms with Gasteiger partial charge in [-0.3, -0.25) is 4.79 Å². The van der Waals surface area contributed by atoms with Crippen molar-refractivity contribution in [2.45, 2.75) is 25.8 Å². The van der Waals surface area contributed by atoms with Gasteiger partial charge in [-0.05, 0) is 26.3 Å². The van der Waals surface area contributed by atoms with E-state index in [-0.39, 0.29) is 18.6 Å². The molecule has 2 unspecified atom stereocenters. The number of benzene rings is 1. The maximum absolute atomic E-state index is 12.3. The first-order chi connectivity index (χ1) is 9.63. The van der Waals surface area contributed by atoms with Gasteiger partial charge in [0.25, 0.3) is 0 Å². The van der Waals surface area contributed by atoms with Gasteiger partial charge in [0.1, 0.15) is 0 Å². The predicted molar refractivity (Wildman–Crippen MR) is 76.4 cm³/mol. The molecule has 2 heterocycles. The van der Waals surface area contributed by atoms with Gasteiger partial charge < -0.3 is 20.1 Å². The molecule has 0 spiro atoms. The summed E-state index contributed by atoms with van der Waals surface area (Å²) in [5.74, 6) is 1.26. The van der Waals surface area contributed by atoms with Crippen molar-refractivity contribution in [3.63, 3.8) is 0 Å². The van der Waals surface area contributed by atoms with Gasteiger partial charge in [0.2, 0.25) is 12.7 Å². The highest BCUT2D eigenvalue weighted by atomic mass is 35.5. The molecule has 3 rings (SSSR count). The minimum absolute atomic E-state index is 0.0131. The van der Waals surface area contributed by atoms with E-state index in [0.29, 0.717) is 28.3 Å². The van der Waals surface area contributed by atoms with E-state index in [1.54, 1.807) is 12.1 Å². The highest BCUT2D eigenvalue weighted by Gasteiger charge is 2.26. The summed E-state index contributed by atoms with van der Waals surface area (Å²) in [5, 5.41) is 6.69. The van der Waals surface area contributed by atoms with Gasteiger partial charge >= 0.3 is 0 Å². The second-order valence-corrected chi connectivity index (χ2v) is 5.66. The molecule has 2 aliphatic heterocycles. The molecule has 20 heavy (non-hydrogen) atoms. The van der Waals surface area contributed by atoms with E-state index in [9.17, 15) is 4.79 Å². The Morgan fingerprint density at radius 2 is 2.15 bits per heavy atom. The zero-order valence-electron chi connectivity index (χ0n) is 11.2. The molecule has 1 aromatic rings. The van der Waals surface area contributed by atoms with Crippen LogP contribution in [0.25, 0.3) is 0 Å². The van der Waals surface area contributed by atoms with Gasteiger partial charge in [0.15, 0.2) is 11.5 Å². The molecule has 1 fully saturated rings. The van der Waals surface area contributed by atoms with Crippen molar-refractivity contribution in [2.24, 2.45) is 5.92 Å². The summed E-state index contributed by atoms with van der Waals surface area (Å²) >= 11 is 6.16. The molecule has 2 atom stereocenters. The molecule has 1 aromatic carbocycles. The number of piperidine rings is 1. The van der Waals surface area contributed by atoms with Gasteiger partial charge in [-0.1, -0.05) is 11.6 Å². The SMILES string of the molecule is CC1CC(C(=O)Nc2cc3c(cc2Cl)OCO3)CCN1. The highest BCUT2D eigenvalue weighted by Crippen LogP contribution is 2.39. The summed E-state index contributed by atoms with van der Waals surface area (Å²) in [7, 11) is 0. The molecule has 2 N–H and O–H groups in total. The highest BCUT2D eigenvalue weighted by molar-refractivity contribution is 6.34. The Bertz CT molecular complexity index is 535. The van der Waals surface area contributed by atoms with E-state index in [1.165, 1.54) is 0 Å². The van der Waals surface area contributed by atoms with Gasteiger partial charge in [0.05, 0.1) is 10.7 Å². The minimum atomic E-state index is 0.0131. The maximum Gasteiger partial charge on any atom is 0.231 e. The standard InChI is InChI=1S/C14H17ClN2O3/c1-8-4-9(2-3-16-8)14(18)17-11-6-13-12(5-10(11)15)19-7-20-13/h5-6,8-9,16H,2-4,7H2,1H3,(H,17,18). The predicted octanol–water partition coefficient (Wildman–Crippen LogP) is 2.40. The topological polar surface area (TPSA) is 59.6 Å². The molecule has 108 valence electrons.